The first-order valence-corrected chi connectivity index (χ1v) is 6.87. The predicted molar refractivity (Wildman–Crippen MR) is 76.6 cm³/mol. The zero-order chi connectivity index (χ0) is 18.9. The first-order valence-electron chi connectivity index (χ1n) is 6.87. The Bertz CT molecular complexity index is 441. The number of alkyl carbamates (subject to hydrolysis) is 1. The Labute approximate surface area is 137 Å². The minimum absolute atomic E-state index is 0.351. The van der Waals surface area contributed by atoms with Gasteiger partial charge in [-0.25, -0.2) is 9.59 Å². The van der Waals surface area contributed by atoms with Gasteiger partial charge in [-0.3, -0.25) is 4.79 Å². The van der Waals surface area contributed by atoms with Gasteiger partial charge in [-0.1, -0.05) is 0 Å². The van der Waals surface area contributed by atoms with Crippen LogP contribution in [0.4, 0.5) is 13.6 Å². The van der Waals surface area contributed by atoms with Gasteiger partial charge in [0, 0.05) is 7.11 Å². The Kier molecular flexibility index (Phi) is 9.14. The molecule has 140 valence electrons. The summed E-state index contributed by atoms with van der Waals surface area (Å²) in [6.45, 7) is 0.302. The van der Waals surface area contributed by atoms with Gasteiger partial charge in [-0.2, -0.15) is 8.78 Å². The van der Waals surface area contributed by atoms with E-state index in [0.717, 1.165) is 0 Å². The van der Waals surface area contributed by atoms with Crippen molar-refractivity contribution in [2.45, 2.75) is 45.1 Å². The van der Waals surface area contributed by atoms with Gasteiger partial charge in [-0.15, -0.1) is 0 Å². The largest absolute Gasteiger partial charge is 0.480 e. The highest BCUT2D eigenvalue weighted by Crippen LogP contribution is 2.07. The Morgan fingerprint density at radius 3 is 2.08 bits per heavy atom. The number of ether oxygens (including phenoxy) is 3. The second-order valence-electron chi connectivity index (χ2n) is 5.65. The summed E-state index contributed by atoms with van der Waals surface area (Å²) in [7, 11) is 1.22. The van der Waals surface area contributed by atoms with E-state index >= 15 is 0 Å². The van der Waals surface area contributed by atoms with Crippen molar-refractivity contribution in [2.75, 3.05) is 20.3 Å². The van der Waals surface area contributed by atoms with Crippen LogP contribution in [0.1, 0.15) is 20.8 Å². The van der Waals surface area contributed by atoms with Gasteiger partial charge >= 0.3 is 18.7 Å². The Morgan fingerprint density at radius 1 is 1.08 bits per heavy atom. The summed E-state index contributed by atoms with van der Waals surface area (Å²) in [6, 6.07) is -3.00. The summed E-state index contributed by atoms with van der Waals surface area (Å²) < 4.78 is 37.9. The maximum absolute atomic E-state index is 12.2. The summed E-state index contributed by atoms with van der Waals surface area (Å²) in [4.78, 5) is 34.7. The standard InChI is InChI=1S/C13H22F2N2O7/c1-13(2,3)24-12(21)17-7(6-23-11(14)15)9(18)16-8(5-22-4)10(19)20/h7-8,11H,5-6H2,1-4H3,(H,16,18)(H,17,21)(H,19,20)/t7-,8-/m0/s1. The second kappa shape index (κ2) is 9.98. The zero-order valence-electron chi connectivity index (χ0n) is 13.8. The SMILES string of the molecule is COC[C@H](NC(=O)[C@H](COC(F)F)NC(=O)OC(C)(C)C)C(=O)O. The third-order valence-electron chi connectivity index (χ3n) is 2.34. The Balaban J connectivity index is 4.93. The van der Waals surface area contributed by atoms with Crippen LogP contribution in [-0.4, -0.2) is 67.7 Å². The van der Waals surface area contributed by atoms with Crippen molar-refractivity contribution in [1.29, 1.82) is 0 Å². The van der Waals surface area contributed by atoms with Gasteiger partial charge in [0.05, 0.1) is 13.2 Å². The summed E-state index contributed by atoms with van der Waals surface area (Å²) in [5, 5.41) is 13.0. The predicted octanol–water partition coefficient (Wildman–Crippen LogP) is 0.335. The molecule has 0 unspecified atom stereocenters. The lowest BCUT2D eigenvalue weighted by Crippen LogP contribution is -2.55. The quantitative estimate of drug-likeness (QED) is 0.544. The topological polar surface area (TPSA) is 123 Å². The van der Waals surface area contributed by atoms with Crippen LogP contribution in [0.15, 0.2) is 0 Å². The number of carboxylic acid groups (broad SMARTS) is 1. The highest BCUT2D eigenvalue weighted by Gasteiger charge is 2.29. The lowest BCUT2D eigenvalue weighted by atomic mass is 10.2. The Hall–Kier alpha value is -2.01. The second-order valence-corrected chi connectivity index (χ2v) is 5.65. The highest BCUT2D eigenvalue weighted by atomic mass is 19.3. The molecule has 0 aromatic heterocycles. The normalized spacial score (nSPS) is 14.0. The van der Waals surface area contributed by atoms with Gasteiger partial charge in [0.2, 0.25) is 5.91 Å². The van der Waals surface area contributed by atoms with Crippen LogP contribution >= 0.6 is 0 Å². The smallest absolute Gasteiger partial charge is 0.408 e. The van der Waals surface area contributed by atoms with Crippen LogP contribution < -0.4 is 10.6 Å². The molecule has 0 fully saturated rings. The number of rotatable bonds is 9. The van der Waals surface area contributed by atoms with E-state index in [2.05, 4.69) is 14.8 Å². The average molecular weight is 356 g/mol. The lowest BCUT2D eigenvalue weighted by Gasteiger charge is -2.24. The van der Waals surface area contributed by atoms with Crippen molar-refractivity contribution in [3.8, 4) is 0 Å². The lowest BCUT2D eigenvalue weighted by molar-refractivity contribution is -0.149. The summed E-state index contributed by atoms with van der Waals surface area (Å²) >= 11 is 0. The number of hydrogen-bond acceptors (Lipinski definition) is 6. The van der Waals surface area contributed by atoms with E-state index in [1.807, 2.05) is 5.32 Å². The highest BCUT2D eigenvalue weighted by molar-refractivity contribution is 5.89. The molecule has 0 aliphatic heterocycles. The number of amides is 2. The van der Waals surface area contributed by atoms with E-state index in [0.29, 0.717) is 0 Å². The van der Waals surface area contributed by atoms with Crippen molar-refractivity contribution >= 4 is 18.0 Å². The Morgan fingerprint density at radius 2 is 1.67 bits per heavy atom. The van der Waals surface area contributed by atoms with Crippen molar-refractivity contribution in [3.63, 3.8) is 0 Å². The molecule has 0 radical (unpaired) electrons. The number of halogens is 2. The molecule has 0 aromatic carbocycles. The molecule has 9 nitrogen and oxygen atoms in total. The number of aliphatic carboxylic acids is 1. The number of carboxylic acids is 1. The van der Waals surface area contributed by atoms with Crippen LogP contribution in [0.5, 0.6) is 0 Å². The molecule has 0 saturated carbocycles. The molecule has 3 N–H and O–H groups in total. The molecule has 11 heteroatoms. The summed E-state index contributed by atoms with van der Waals surface area (Å²) in [5.41, 5.74) is -0.881. The third kappa shape index (κ3) is 9.90. The molecule has 0 heterocycles. The monoisotopic (exact) mass is 356 g/mol. The number of carbonyl (C=O) groups excluding carboxylic acids is 2. The van der Waals surface area contributed by atoms with E-state index in [9.17, 15) is 23.2 Å². The van der Waals surface area contributed by atoms with Crippen molar-refractivity contribution in [2.24, 2.45) is 0 Å². The summed E-state index contributed by atoms with van der Waals surface area (Å²) in [5.74, 6) is -2.43. The van der Waals surface area contributed by atoms with E-state index in [4.69, 9.17) is 9.84 Å². The number of methoxy groups -OCH3 is 1. The van der Waals surface area contributed by atoms with Crippen molar-refractivity contribution < 1.29 is 42.5 Å². The number of carbonyl (C=O) groups is 3. The van der Waals surface area contributed by atoms with Crippen LogP contribution in [0.25, 0.3) is 0 Å². The molecular weight excluding hydrogens is 334 g/mol. The first kappa shape index (κ1) is 22.0. The molecule has 2 amide bonds. The molecule has 0 aliphatic carbocycles. The number of hydrogen-bond donors (Lipinski definition) is 3. The van der Waals surface area contributed by atoms with Gasteiger partial charge in [0.1, 0.15) is 11.6 Å². The van der Waals surface area contributed by atoms with Crippen molar-refractivity contribution in [1.82, 2.24) is 10.6 Å². The molecule has 0 spiro atoms. The van der Waals surface area contributed by atoms with Crippen LogP contribution in [0.3, 0.4) is 0 Å². The third-order valence-corrected chi connectivity index (χ3v) is 2.34. The van der Waals surface area contributed by atoms with Gasteiger partial charge in [0.25, 0.3) is 0 Å². The fourth-order valence-corrected chi connectivity index (χ4v) is 1.42. The molecular formula is C13H22F2N2O7. The number of alkyl halides is 2. The molecule has 0 rings (SSSR count). The average Bonchev–Trinajstić information content (AvgIpc) is 2.40. The van der Waals surface area contributed by atoms with Crippen LogP contribution in [0.2, 0.25) is 0 Å². The van der Waals surface area contributed by atoms with Gasteiger partial charge in [-0.05, 0) is 20.8 Å². The molecule has 0 aromatic rings. The maximum atomic E-state index is 12.2. The fourth-order valence-electron chi connectivity index (χ4n) is 1.42. The maximum Gasteiger partial charge on any atom is 0.408 e. The number of nitrogens with one attached hydrogen (secondary N) is 2. The van der Waals surface area contributed by atoms with E-state index < -0.39 is 48.9 Å². The molecule has 2 atom stereocenters. The van der Waals surface area contributed by atoms with Crippen molar-refractivity contribution in [3.05, 3.63) is 0 Å². The molecule has 0 aliphatic rings. The molecule has 0 bridgehead atoms. The zero-order valence-corrected chi connectivity index (χ0v) is 13.8. The van der Waals surface area contributed by atoms with Crippen LogP contribution in [0, 0.1) is 0 Å². The fraction of sp³-hybridized carbons (Fsp3) is 0.769. The van der Waals surface area contributed by atoms with Gasteiger partial charge in [0.15, 0.2) is 6.04 Å². The first-order chi connectivity index (χ1) is 11.0. The van der Waals surface area contributed by atoms with E-state index in [1.165, 1.54) is 7.11 Å². The molecule has 0 saturated heterocycles. The minimum atomic E-state index is -3.17. The van der Waals surface area contributed by atoms with E-state index in [1.54, 1.807) is 20.8 Å². The molecule has 24 heavy (non-hydrogen) atoms. The van der Waals surface area contributed by atoms with Gasteiger partial charge < -0.3 is 30.0 Å². The van der Waals surface area contributed by atoms with E-state index in [-0.39, 0.29) is 6.61 Å². The van der Waals surface area contributed by atoms with Crippen LogP contribution in [-0.2, 0) is 23.8 Å². The minimum Gasteiger partial charge on any atom is -0.480 e. The summed E-state index contributed by atoms with van der Waals surface area (Å²) in [6.07, 6.45) is -1.04.